The van der Waals surface area contributed by atoms with E-state index >= 15 is 0 Å². The molecule has 0 bridgehead atoms. The fraction of sp³-hybridized carbons (Fsp3) is 0.900. The smallest absolute Gasteiger partial charge is 0.409 e. The van der Waals surface area contributed by atoms with E-state index in [1.165, 1.54) is 0 Å². The summed E-state index contributed by atoms with van der Waals surface area (Å²) in [4.78, 5) is 12.9. The zero-order valence-corrected chi connectivity index (χ0v) is 10.2. The molecular weight excluding hydrogens is 202 g/mol. The summed E-state index contributed by atoms with van der Waals surface area (Å²) in [5.74, 6) is 0. The molecule has 4 heteroatoms. The van der Waals surface area contributed by atoms with Gasteiger partial charge in [-0.2, -0.15) is 0 Å². The van der Waals surface area contributed by atoms with E-state index in [9.17, 15) is 4.79 Å². The summed E-state index contributed by atoms with van der Waals surface area (Å²) in [7, 11) is 1.78. The van der Waals surface area contributed by atoms with Crippen molar-refractivity contribution in [3.63, 3.8) is 0 Å². The van der Waals surface area contributed by atoms with Crippen LogP contribution in [0.2, 0.25) is 0 Å². The van der Waals surface area contributed by atoms with Crippen molar-refractivity contribution in [2.75, 3.05) is 20.2 Å². The van der Waals surface area contributed by atoms with Gasteiger partial charge in [-0.15, -0.1) is 12.4 Å². The van der Waals surface area contributed by atoms with Crippen molar-refractivity contribution >= 4 is 18.5 Å². The zero-order valence-electron chi connectivity index (χ0n) is 9.41. The van der Waals surface area contributed by atoms with E-state index in [0.717, 1.165) is 32.2 Å². The van der Waals surface area contributed by atoms with Crippen molar-refractivity contribution in [3.8, 4) is 0 Å². The number of unbranched alkanes of at least 4 members (excludes halogenated alkanes) is 2. The number of rotatable bonds is 6. The Hall–Kier alpha value is -0.440. The number of carbonyl (C=O) groups excluding carboxylic acids is 1. The molecule has 0 radical (unpaired) electrons. The van der Waals surface area contributed by atoms with Crippen LogP contribution in [0.15, 0.2) is 0 Å². The van der Waals surface area contributed by atoms with Crippen LogP contribution in [0.25, 0.3) is 0 Å². The highest BCUT2D eigenvalue weighted by molar-refractivity contribution is 5.85. The Morgan fingerprint density at radius 1 is 1.21 bits per heavy atom. The Labute approximate surface area is 93.2 Å². The van der Waals surface area contributed by atoms with E-state index in [1.807, 2.05) is 0 Å². The van der Waals surface area contributed by atoms with Crippen LogP contribution in [0.5, 0.6) is 0 Å². The van der Waals surface area contributed by atoms with Gasteiger partial charge in [-0.05, 0) is 12.8 Å². The van der Waals surface area contributed by atoms with Crippen LogP contribution >= 0.6 is 12.4 Å². The van der Waals surface area contributed by atoms with E-state index in [0.29, 0.717) is 6.61 Å². The third-order valence-corrected chi connectivity index (χ3v) is 1.88. The molecule has 0 rings (SSSR count). The highest BCUT2D eigenvalue weighted by atomic mass is 35.5. The van der Waals surface area contributed by atoms with Gasteiger partial charge >= 0.3 is 6.09 Å². The molecule has 0 aromatic rings. The second-order valence-electron chi connectivity index (χ2n) is 3.24. The van der Waals surface area contributed by atoms with Gasteiger partial charge in [0.05, 0.1) is 6.61 Å². The molecule has 0 N–H and O–H groups in total. The van der Waals surface area contributed by atoms with E-state index < -0.39 is 0 Å². The van der Waals surface area contributed by atoms with Crippen LogP contribution in [0.4, 0.5) is 4.79 Å². The van der Waals surface area contributed by atoms with Gasteiger partial charge in [0.25, 0.3) is 0 Å². The first-order valence-corrected chi connectivity index (χ1v) is 5.10. The molecule has 0 unspecified atom stereocenters. The molecule has 1 amide bonds. The summed E-state index contributed by atoms with van der Waals surface area (Å²) < 4.78 is 5.03. The van der Waals surface area contributed by atoms with Crippen LogP contribution in [0.3, 0.4) is 0 Å². The Morgan fingerprint density at radius 3 is 2.29 bits per heavy atom. The highest BCUT2D eigenvalue weighted by Crippen LogP contribution is 1.96. The van der Waals surface area contributed by atoms with Crippen LogP contribution in [0.1, 0.15) is 39.5 Å². The summed E-state index contributed by atoms with van der Waals surface area (Å²) in [5.41, 5.74) is 0. The van der Waals surface area contributed by atoms with E-state index in [-0.39, 0.29) is 18.5 Å². The fourth-order valence-electron chi connectivity index (χ4n) is 0.901. The molecular formula is C10H22ClNO2. The van der Waals surface area contributed by atoms with Crippen molar-refractivity contribution in [2.45, 2.75) is 39.5 Å². The molecule has 0 aromatic heterocycles. The molecule has 0 aliphatic rings. The van der Waals surface area contributed by atoms with E-state index in [1.54, 1.807) is 11.9 Å². The standard InChI is InChI=1S/C10H21NO2.ClH/c1-4-6-8-11(3)10(12)13-9-7-5-2;/h4-9H2,1-3H3;1H. The van der Waals surface area contributed by atoms with Gasteiger partial charge < -0.3 is 9.64 Å². The first-order valence-electron chi connectivity index (χ1n) is 5.10. The van der Waals surface area contributed by atoms with Crippen molar-refractivity contribution in [1.82, 2.24) is 4.90 Å². The van der Waals surface area contributed by atoms with Gasteiger partial charge in [-0.25, -0.2) is 4.79 Å². The Kier molecular flexibility index (Phi) is 12.2. The lowest BCUT2D eigenvalue weighted by Gasteiger charge is -2.16. The Bertz CT molecular complexity index is 142. The quantitative estimate of drug-likeness (QED) is 0.648. The molecule has 0 aliphatic heterocycles. The molecule has 0 aromatic carbocycles. The van der Waals surface area contributed by atoms with Crippen molar-refractivity contribution < 1.29 is 9.53 Å². The van der Waals surface area contributed by atoms with Gasteiger partial charge in [0.1, 0.15) is 0 Å². The molecule has 0 heterocycles. The lowest BCUT2D eigenvalue weighted by Crippen LogP contribution is -2.28. The number of ether oxygens (including phenoxy) is 1. The van der Waals surface area contributed by atoms with Gasteiger partial charge in [0.2, 0.25) is 0 Å². The molecule has 3 nitrogen and oxygen atoms in total. The van der Waals surface area contributed by atoms with Crippen LogP contribution in [0, 0.1) is 0 Å². The SMILES string of the molecule is CCCCOC(=O)N(C)CCCC.Cl. The number of halogens is 1. The van der Waals surface area contributed by atoms with Gasteiger partial charge in [0, 0.05) is 13.6 Å². The number of hydrogen-bond donors (Lipinski definition) is 0. The lowest BCUT2D eigenvalue weighted by atomic mass is 10.3. The second kappa shape index (κ2) is 10.6. The van der Waals surface area contributed by atoms with Crippen molar-refractivity contribution in [2.24, 2.45) is 0 Å². The van der Waals surface area contributed by atoms with Gasteiger partial charge in [-0.1, -0.05) is 26.7 Å². The summed E-state index contributed by atoms with van der Waals surface area (Å²) in [6, 6.07) is 0. The molecule has 0 spiro atoms. The van der Waals surface area contributed by atoms with E-state index in [2.05, 4.69) is 13.8 Å². The Morgan fingerprint density at radius 2 is 1.79 bits per heavy atom. The Balaban J connectivity index is 0. The minimum atomic E-state index is -0.193. The largest absolute Gasteiger partial charge is 0.449 e. The maximum atomic E-state index is 11.2. The predicted octanol–water partition coefficient (Wildman–Crippen LogP) is 3.08. The van der Waals surface area contributed by atoms with Crippen LogP contribution < -0.4 is 0 Å². The molecule has 14 heavy (non-hydrogen) atoms. The number of carbonyl (C=O) groups is 1. The number of hydrogen-bond acceptors (Lipinski definition) is 2. The normalized spacial score (nSPS) is 9.07. The lowest BCUT2D eigenvalue weighted by molar-refractivity contribution is 0.109. The molecule has 0 saturated carbocycles. The summed E-state index contributed by atoms with van der Waals surface area (Å²) in [5, 5.41) is 0. The third kappa shape index (κ3) is 8.17. The summed E-state index contributed by atoms with van der Waals surface area (Å²) >= 11 is 0. The molecule has 0 saturated heterocycles. The van der Waals surface area contributed by atoms with Gasteiger partial charge in [-0.3, -0.25) is 0 Å². The average molecular weight is 224 g/mol. The van der Waals surface area contributed by atoms with Crippen LogP contribution in [-0.2, 0) is 4.74 Å². The van der Waals surface area contributed by atoms with Gasteiger partial charge in [0.15, 0.2) is 0 Å². The number of nitrogens with zero attached hydrogens (tertiary/aromatic N) is 1. The van der Waals surface area contributed by atoms with Crippen molar-refractivity contribution in [1.29, 1.82) is 0 Å². The third-order valence-electron chi connectivity index (χ3n) is 1.88. The maximum absolute atomic E-state index is 11.2. The highest BCUT2D eigenvalue weighted by Gasteiger charge is 2.07. The molecule has 0 atom stereocenters. The maximum Gasteiger partial charge on any atom is 0.409 e. The zero-order chi connectivity index (χ0) is 10.1. The second-order valence-corrected chi connectivity index (χ2v) is 3.24. The minimum absolute atomic E-state index is 0. The fourth-order valence-corrected chi connectivity index (χ4v) is 0.901. The topological polar surface area (TPSA) is 29.5 Å². The predicted molar refractivity (Wildman–Crippen MR) is 61.0 cm³/mol. The monoisotopic (exact) mass is 223 g/mol. The first-order chi connectivity index (χ1) is 6.22. The molecule has 0 aliphatic carbocycles. The average Bonchev–Trinajstić information content (AvgIpc) is 2.14. The minimum Gasteiger partial charge on any atom is -0.449 e. The summed E-state index contributed by atoms with van der Waals surface area (Å²) in [6.07, 6.45) is 3.97. The van der Waals surface area contributed by atoms with Crippen molar-refractivity contribution in [3.05, 3.63) is 0 Å². The molecule has 0 fully saturated rings. The van der Waals surface area contributed by atoms with Crippen LogP contribution in [-0.4, -0.2) is 31.2 Å². The number of amides is 1. The summed E-state index contributed by atoms with van der Waals surface area (Å²) in [6.45, 7) is 5.53. The molecule has 86 valence electrons. The van der Waals surface area contributed by atoms with E-state index in [4.69, 9.17) is 4.74 Å². The first kappa shape index (κ1) is 16.0.